The van der Waals surface area contributed by atoms with Crippen LogP contribution in [0.25, 0.3) is 0 Å². The summed E-state index contributed by atoms with van der Waals surface area (Å²) in [5.74, 6) is 2.66. The van der Waals surface area contributed by atoms with Crippen LogP contribution in [0.15, 0.2) is 76.9 Å². The lowest BCUT2D eigenvalue weighted by Gasteiger charge is -2.41. The topological polar surface area (TPSA) is 41.6 Å². The third-order valence-electron chi connectivity index (χ3n) is 8.78. The summed E-state index contributed by atoms with van der Waals surface area (Å²) < 4.78 is 6.67. The Morgan fingerprint density at radius 2 is 2.03 bits per heavy atom. The van der Waals surface area contributed by atoms with Crippen LogP contribution in [0, 0.1) is 12.8 Å². The van der Waals surface area contributed by atoms with Crippen LogP contribution >= 0.6 is 0 Å². The Kier molecular flexibility index (Phi) is 10.1. The first-order chi connectivity index (χ1) is 18.4. The van der Waals surface area contributed by atoms with Gasteiger partial charge in [-0.1, -0.05) is 38.1 Å². The number of nitrogens with one attached hydrogen (secondary N) is 1. The number of ether oxygens (including phenoxy) is 1. The number of hydrogen-bond acceptors (Lipinski definition) is 4. The fourth-order valence-electron chi connectivity index (χ4n) is 5.35. The molecular weight excluding hydrogens is 482 g/mol. The van der Waals surface area contributed by atoms with Crippen LogP contribution in [0.1, 0.15) is 65.4 Å². The molecule has 2 aliphatic rings. The first-order valence-corrected chi connectivity index (χ1v) is 14.4. The monoisotopic (exact) mass is 532 g/mol. The Bertz CT molecular complexity index is 1210. The minimum Gasteiger partial charge on any atom is -0.500 e. The second kappa shape index (κ2) is 12.9. The minimum atomic E-state index is 0.167. The Balaban J connectivity index is 1.78. The number of rotatable bonds is 11. The number of aryl methyl sites for hydroxylation is 1. The Labute approximate surface area is 237 Å². The number of allylic oxidation sites excluding steroid dienone is 5. The Morgan fingerprint density at radius 3 is 2.69 bits per heavy atom. The lowest BCUT2D eigenvalue weighted by atomic mass is 9.89. The van der Waals surface area contributed by atoms with Crippen LogP contribution in [0.2, 0.25) is 0 Å². The standard InChI is InChI=1S/C34H50N3O2/c1-11-24(3)25(4)21-28(22-26(5)34-27(6)37(8,9)19-18-32(34)39-10)31(38)14-12-13-15-33-35-29-17-16-23(2)20-30(29)36(33)7/h15-17,20-22,24,27,35H,5,11-14,18-19H2,1-4,6-10H3/q+1/b25-21-,28-22+,33-15-. The number of likely N-dealkylation sites (N-methyl/N-ethyl adjacent to an activating group) is 1. The first-order valence-electron chi connectivity index (χ1n) is 14.4. The average molecular weight is 533 g/mol. The molecule has 0 saturated heterocycles. The van der Waals surface area contributed by atoms with Gasteiger partial charge in [-0.3, -0.25) is 4.79 Å². The molecule has 1 N–H and O–H groups in total. The fourth-order valence-corrected chi connectivity index (χ4v) is 5.35. The highest BCUT2D eigenvalue weighted by Gasteiger charge is 2.36. The van der Waals surface area contributed by atoms with Crippen molar-refractivity contribution in [3.8, 4) is 0 Å². The van der Waals surface area contributed by atoms with Gasteiger partial charge in [0.05, 0.1) is 51.1 Å². The number of methoxy groups -OCH3 is 1. The third-order valence-corrected chi connectivity index (χ3v) is 8.78. The largest absolute Gasteiger partial charge is 0.500 e. The third kappa shape index (κ3) is 7.13. The SMILES string of the molecule is C=C(/C=C(\C=C(\C)C(C)CC)C(=O)CCC/C=C1/Nc2ccc(C)cc2N1C)C1=C(OC)CC[N+](C)(C)C1C. The van der Waals surface area contributed by atoms with Crippen LogP contribution < -0.4 is 10.2 Å². The summed E-state index contributed by atoms with van der Waals surface area (Å²) in [5.41, 5.74) is 7.55. The summed E-state index contributed by atoms with van der Waals surface area (Å²) in [4.78, 5) is 15.8. The molecular formula is C34H50N3O2+. The number of carbonyl (C=O) groups excluding carboxylic acids is 1. The van der Waals surface area contributed by atoms with E-state index in [4.69, 9.17) is 4.74 Å². The normalized spacial score (nSPS) is 21.1. The van der Waals surface area contributed by atoms with Crippen molar-refractivity contribution < 1.29 is 14.0 Å². The quantitative estimate of drug-likeness (QED) is 0.137. The summed E-state index contributed by atoms with van der Waals surface area (Å²) in [7, 11) is 8.32. The second-order valence-electron chi connectivity index (χ2n) is 11.9. The van der Waals surface area contributed by atoms with E-state index in [-0.39, 0.29) is 11.8 Å². The Morgan fingerprint density at radius 1 is 1.31 bits per heavy atom. The van der Waals surface area contributed by atoms with E-state index in [0.717, 1.165) is 70.7 Å². The first kappa shape index (κ1) is 30.5. The molecule has 2 atom stereocenters. The maximum atomic E-state index is 13.6. The molecule has 0 fully saturated rings. The summed E-state index contributed by atoms with van der Waals surface area (Å²) in [6.07, 6.45) is 10.3. The van der Waals surface area contributed by atoms with E-state index in [0.29, 0.717) is 12.3 Å². The van der Waals surface area contributed by atoms with Crippen LogP contribution in [-0.4, -0.2) is 51.1 Å². The van der Waals surface area contributed by atoms with E-state index in [9.17, 15) is 4.79 Å². The van der Waals surface area contributed by atoms with Crippen molar-refractivity contribution >= 4 is 17.2 Å². The highest BCUT2D eigenvalue weighted by Crippen LogP contribution is 2.36. The number of Topliss-reactive ketones (excluding diaryl/α,β-unsaturated/α-hetero) is 1. The summed E-state index contributed by atoms with van der Waals surface area (Å²) >= 11 is 0. The van der Waals surface area contributed by atoms with Gasteiger partial charge in [0.2, 0.25) is 0 Å². The van der Waals surface area contributed by atoms with Gasteiger partial charge in [0.15, 0.2) is 5.78 Å². The lowest BCUT2D eigenvalue weighted by Crippen LogP contribution is -2.52. The molecule has 2 unspecified atom stereocenters. The van der Waals surface area contributed by atoms with Gasteiger partial charge < -0.3 is 19.4 Å². The molecule has 212 valence electrons. The number of benzene rings is 1. The number of unbranched alkanes of at least 4 members (excludes halogenated alkanes) is 1. The molecule has 2 heterocycles. The van der Waals surface area contributed by atoms with Gasteiger partial charge in [-0.05, 0) is 81.4 Å². The zero-order chi connectivity index (χ0) is 28.9. The van der Waals surface area contributed by atoms with E-state index >= 15 is 0 Å². The van der Waals surface area contributed by atoms with Crippen molar-refractivity contribution in [3.63, 3.8) is 0 Å². The molecule has 3 rings (SSSR count). The van der Waals surface area contributed by atoms with E-state index in [1.165, 1.54) is 16.8 Å². The maximum absolute atomic E-state index is 13.6. The average Bonchev–Trinajstić information content (AvgIpc) is 3.21. The number of anilines is 2. The van der Waals surface area contributed by atoms with Crippen LogP contribution in [0.4, 0.5) is 11.4 Å². The van der Waals surface area contributed by atoms with Crippen molar-refractivity contribution in [1.29, 1.82) is 0 Å². The molecule has 0 radical (unpaired) electrons. The molecule has 2 aliphatic heterocycles. The maximum Gasteiger partial charge on any atom is 0.162 e. The molecule has 0 aromatic heterocycles. The van der Waals surface area contributed by atoms with Crippen molar-refractivity contribution in [3.05, 3.63) is 82.4 Å². The fraction of sp³-hybridized carbons (Fsp3) is 0.500. The van der Waals surface area contributed by atoms with Crippen LogP contribution in [0.5, 0.6) is 0 Å². The van der Waals surface area contributed by atoms with Crippen molar-refractivity contribution in [1.82, 2.24) is 0 Å². The number of hydrogen-bond donors (Lipinski definition) is 1. The van der Waals surface area contributed by atoms with Gasteiger partial charge in [0.25, 0.3) is 0 Å². The lowest BCUT2D eigenvalue weighted by molar-refractivity contribution is -0.909. The van der Waals surface area contributed by atoms with Crippen molar-refractivity contribution in [2.24, 2.45) is 5.92 Å². The number of carbonyl (C=O) groups is 1. The van der Waals surface area contributed by atoms with Gasteiger partial charge in [0, 0.05) is 19.0 Å². The van der Waals surface area contributed by atoms with Gasteiger partial charge in [-0.2, -0.15) is 0 Å². The van der Waals surface area contributed by atoms with E-state index in [1.54, 1.807) is 7.11 Å². The summed E-state index contributed by atoms with van der Waals surface area (Å²) in [5, 5.41) is 3.50. The van der Waals surface area contributed by atoms with Gasteiger partial charge in [0.1, 0.15) is 17.6 Å². The molecule has 5 heteroatoms. The van der Waals surface area contributed by atoms with Crippen LogP contribution in [0.3, 0.4) is 0 Å². The Hall–Kier alpha value is -3.05. The number of ketones is 1. The zero-order valence-corrected chi connectivity index (χ0v) is 25.8. The van der Waals surface area contributed by atoms with E-state index < -0.39 is 0 Å². The number of fused-ring (bicyclic) bond motifs is 1. The molecule has 0 amide bonds. The molecule has 1 aromatic rings. The van der Waals surface area contributed by atoms with Gasteiger partial charge in [-0.25, -0.2) is 0 Å². The highest BCUT2D eigenvalue weighted by molar-refractivity contribution is 5.98. The molecule has 0 bridgehead atoms. The van der Waals surface area contributed by atoms with E-state index in [1.807, 2.05) is 6.08 Å². The predicted molar refractivity (Wildman–Crippen MR) is 166 cm³/mol. The number of nitrogens with zero attached hydrogens (tertiary/aromatic N) is 2. The minimum absolute atomic E-state index is 0.167. The van der Waals surface area contributed by atoms with E-state index in [2.05, 4.69) is 103 Å². The summed E-state index contributed by atoms with van der Waals surface area (Å²) in [6.45, 7) is 16.3. The van der Waals surface area contributed by atoms with Crippen LogP contribution in [-0.2, 0) is 9.53 Å². The number of quaternary nitrogens is 1. The molecule has 0 saturated carbocycles. The van der Waals surface area contributed by atoms with Crippen molar-refractivity contribution in [2.75, 3.05) is 45.0 Å². The molecule has 5 nitrogen and oxygen atoms in total. The summed E-state index contributed by atoms with van der Waals surface area (Å²) in [6, 6.07) is 6.68. The molecule has 0 spiro atoms. The second-order valence-corrected chi connectivity index (χ2v) is 11.9. The predicted octanol–water partition coefficient (Wildman–Crippen LogP) is 7.68. The zero-order valence-electron chi connectivity index (χ0n) is 25.8. The molecule has 0 aliphatic carbocycles. The van der Waals surface area contributed by atoms with Gasteiger partial charge in [-0.15, -0.1) is 0 Å². The smallest absolute Gasteiger partial charge is 0.162 e. The highest BCUT2D eigenvalue weighted by atomic mass is 16.5. The van der Waals surface area contributed by atoms with Gasteiger partial charge >= 0.3 is 0 Å². The molecule has 39 heavy (non-hydrogen) atoms. The van der Waals surface area contributed by atoms with Crippen molar-refractivity contribution in [2.45, 2.75) is 72.8 Å². The molecule has 1 aromatic carbocycles.